The molecular weight excluding hydrogens is 360 g/mol. The van der Waals surface area contributed by atoms with Gasteiger partial charge >= 0.3 is 0 Å². The molecular formula is C20H22N4O2S. The van der Waals surface area contributed by atoms with Crippen molar-refractivity contribution in [2.24, 2.45) is 5.92 Å². The molecule has 0 atom stereocenters. The highest BCUT2D eigenvalue weighted by atomic mass is 32.1. The zero-order valence-electron chi connectivity index (χ0n) is 15.2. The molecule has 4 heterocycles. The van der Waals surface area contributed by atoms with Crippen molar-refractivity contribution >= 4 is 23.1 Å². The molecule has 0 unspecified atom stereocenters. The van der Waals surface area contributed by atoms with Gasteiger partial charge in [0.05, 0.1) is 11.4 Å². The largest absolute Gasteiger partial charge is 0.465 e. The van der Waals surface area contributed by atoms with Gasteiger partial charge in [0.15, 0.2) is 5.82 Å². The number of rotatable bonds is 5. The number of piperidine rings is 1. The van der Waals surface area contributed by atoms with E-state index in [1.54, 1.807) is 11.3 Å². The molecule has 0 aromatic carbocycles. The Kier molecular flexibility index (Phi) is 5.20. The Morgan fingerprint density at radius 1 is 1.22 bits per heavy atom. The molecule has 0 aliphatic carbocycles. The van der Waals surface area contributed by atoms with Crippen molar-refractivity contribution in [3.63, 3.8) is 0 Å². The third kappa shape index (κ3) is 4.19. The molecule has 1 amide bonds. The zero-order chi connectivity index (χ0) is 18.6. The Morgan fingerprint density at radius 2 is 2.07 bits per heavy atom. The lowest BCUT2D eigenvalue weighted by molar-refractivity contribution is -0.125. The normalized spacial score (nSPS) is 15.1. The number of amides is 1. The number of hydrogen-bond acceptors (Lipinski definition) is 6. The van der Waals surface area contributed by atoms with Crippen LogP contribution in [0.25, 0.3) is 10.6 Å². The number of nitrogens with zero attached hydrogens (tertiary/aromatic N) is 3. The Labute approximate surface area is 162 Å². The number of carbonyl (C=O) groups is 1. The SMILES string of the molecule is Cc1ccc(CNC(=O)C2CCN(c3ccc(-c4cccs4)nn3)CC2)o1. The molecule has 1 aliphatic heterocycles. The molecule has 0 bridgehead atoms. The average molecular weight is 382 g/mol. The summed E-state index contributed by atoms with van der Waals surface area (Å²) in [7, 11) is 0. The highest BCUT2D eigenvalue weighted by molar-refractivity contribution is 7.13. The molecule has 3 aromatic rings. The van der Waals surface area contributed by atoms with Crippen LogP contribution in [0.1, 0.15) is 24.4 Å². The Hall–Kier alpha value is -2.67. The van der Waals surface area contributed by atoms with Crippen molar-refractivity contribution in [2.45, 2.75) is 26.3 Å². The maximum Gasteiger partial charge on any atom is 0.223 e. The number of aromatic nitrogens is 2. The first-order valence-electron chi connectivity index (χ1n) is 9.14. The maximum atomic E-state index is 12.4. The fourth-order valence-electron chi connectivity index (χ4n) is 3.32. The Bertz CT molecular complexity index is 881. The standard InChI is InChI=1S/C20H22N4O2S/c1-14-4-5-16(26-14)13-21-20(25)15-8-10-24(11-9-15)19-7-6-17(22-23-19)18-3-2-12-27-18/h2-7,12,15H,8-11,13H2,1H3,(H,21,25). The highest BCUT2D eigenvalue weighted by Gasteiger charge is 2.25. The van der Waals surface area contributed by atoms with Crippen LogP contribution in [0.4, 0.5) is 5.82 Å². The quantitative estimate of drug-likeness (QED) is 0.729. The van der Waals surface area contributed by atoms with Crippen molar-refractivity contribution in [3.8, 4) is 10.6 Å². The molecule has 4 rings (SSSR count). The van der Waals surface area contributed by atoms with Crippen LogP contribution in [0.3, 0.4) is 0 Å². The molecule has 140 valence electrons. The van der Waals surface area contributed by atoms with Crippen LogP contribution in [0.5, 0.6) is 0 Å². The van der Waals surface area contributed by atoms with Crippen LogP contribution in [0, 0.1) is 12.8 Å². The van der Waals surface area contributed by atoms with Gasteiger partial charge in [-0.15, -0.1) is 21.5 Å². The predicted molar refractivity (Wildman–Crippen MR) is 106 cm³/mol. The Balaban J connectivity index is 1.28. The molecule has 27 heavy (non-hydrogen) atoms. The van der Waals surface area contributed by atoms with E-state index < -0.39 is 0 Å². The van der Waals surface area contributed by atoms with Crippen LogP contribution in [-0.4, -0.2) is 29.2 Å². The fraction of sp³-hybridized carbons (Fsp3) is 0.350. The summed E-state index contributed by atoms with van der Waals surface area (Å²) in [5.74, 6) is 2.66. The van der Waals surface area contributed by atoms with Crippen LogP contribution < -0.4 is 10.2 Å². The van der Waals surface area contributed by atoms with Crippen molar-refractivity contribution in [1.29, 1.82) is 0 Å². The maximum absolute atomic E-state index is 12.4. The summed E-state index contributed by atoms with van der Waals surface area (Å²) in [6.45, 7) is 3.97. The number of furan rings is 1. The molecule has 3 aromatic heterocycles. The number of thiophene rings is 1. The molecule has 1 saturated heterocycles. The van der Waals surface area contributed by atoms with E-state index in [0.717, 1.165) is 53.8 Å². The lowest BCUT2D eigenvalue weighted by Gasteiger charge is -2.31. The zero-order valence-corrected chi connectivity index (χ0v) is 16.0. The van der Waals surface area contributed by atoms with E-state index in [9.17, 15) is 4.79 Å². The lowest BCUT2D eigenvalue weighted by atomic mass is 9.96. The summed E-state index contributed by atoms with van der Waals surface area (Å²) in [6, 6.07) is 11.9. The minimum atomic E-state index is 0.0376. The minimum Gasteiger partial charge on any atom is -0.465 e. The molecule has 1 fully saturated rings. The third-order valence-corrected chi connectivity index (χ3v) is 5.74. The van der Waals surface area contributed by atoms with E-state index in [2.05, 4.69) is 20.4 Å². The van der Waals surface area contributed by atoms with Gasteiger partial charge in [-0.05, 0) is 55.5 Å². The first kappa shape index (κ1) is 17.7. The molecule has 1 aliphatic rings. The number of anilines is 1. The first-order chi connectivity index (χ1) is 13.2. The first-order valence-corrected chi connectivity index (χ1v) is 10.0. The smallest absolute Gasteiger partial charge is 0.223 e. The summed E-state index contributed by atoms with van der Waals surface area (Å²) in [5.41, 5.74) is 0.899. The van der Waals surface area contributed by atoms with Gasteiger partial charge in [0, 0.05) is 19.0 Å². The van der Waals surface area contributed by atoms with Gasteiger partial charge < -0.3 is 14.6 Å². The molecule has 0 spiro atoms. The summed E-state index contributed by atoms with van der Waals surface area (Å²) in [6.07, 6.45) is 1.63. The lowest BCUT2D eigenvalue weighted by Crippen LogP contribution is -2.40. The van der Waals surface area contributed by atoms with Gasteiger partial charge in [-0.1, -0.05) is 6.07 Å². The van der Waals surface area contributed by atoms with E-state index in [0.29, 0.717) is 6.54 Å². The summed E-state index contributed by atoms with van der Waals surface area (Å²) in [4.78, 5) is 15.7. The van der Waals surface area contributed by atoms with Gasteiger partial charge in [-0.25, -0.2) is 0 Å². The third-order valence-electron chi connectivity index (χ3n) is 4.85. The monoisotopic (exact) mass is 382 g/mol. The van der Waals surface area contributed by atoms with Gasteiger partial charge in [-0.3, -0.25) is 4.79 Å². The number of aryl methyl sites for hydroxylation is 1. The second-order valence-electron chi connectivity index (χ2n) is 6.75. The van der Waals surface area contributed by atoms with E-state index in [4.69, 9.17) is 4.42 Å². The predicted octanol–water partition coefficient (Wildman–Crippen LogP) is 3.64. The van der Waals surface area contributed by atoms with Gasteiger partial charge in [0.2, 0.25) is 5.91 Å². The summed E-state index contributed by atoms with van der Waals surface area (Å²) >= 11 is 1.66. The molecule has 0 radical (unpaired) electrons. The van der Waals surface area contributed by atoms with E-state index in [1.807, 2.05) is 48.7 Å². The topological polar surface area (TPSA) is 71.3 Å². The molecule has 6 nitrogen and oxygen atoms in total. The van der Waals surface area contributed by atoms with E-state index in [1.165, 1.54) is 0 Å². The van der Waals surface area contributed by atoms with Gasteiger partial charge in [-0.2, -0.15) is 0 Å². The van der Waals surface area contributed by atoms with Gasteiger partial charge in [0.1, 0.15) is 17.2 Å². The van der Waals surface area contributed by atoms with Crippen LogP contribution in [-0.2, 0) is 11.3 Å². The van der Waals surface area contributed by atoms with Crippen LogP contribution in [0.2, 0.25) is 0 Å². The summed E-state index contributed by atoms with van der Waals surface area (Å²) in [5, 5.41) is 13.7. The van der Waals surface area contributed by atoms with E-state index >= 15 is 0 Å². The molecule has 7 heteroatoms. The second-order valence-corrected chi connectivity index (χ2v) is 7.69. The van der Waals surface area contributed by atoms with Crippen molar-refractivity contribution in [3.05, 3.63) is 53.3 Å². The van der Waals surface area contributed by atoms with Crippen LogP contribution >= 0.6 is 11.3 Å². The number of carbonyl (C=O) groups excluding carboxylic acids is 1. The minimum absolute atomic E-state index is 0.0376. The van der Waals surface area contributed by atoms with Gasteiger partial charge in [0.25, 0.3) is 0 Å². The second kappa shape index (κ2) is 7.92. The van der Waals surface area contributed by atoms with Crippen molar-refractivity contribution in [1.82, 2.24) is 15.5 Å². The van der Waals surface area contributed by atoms with Crippen molar-refractivity contribution < 1.29 is 9.21 Å². The highest BCUT2D eigenvalue weighted by Crippen LogP contribution is 2.25. The number of nitrogens with one attached hydrogen (secondary N) is 1. The van der Waals surface area contributed by atoms with Crippen LogP contribution in [0.15, 0.2) is 46.2 Å². The van der Waals surface area contributed by atoms with E-state index in [-0.39, 0.29) is 11.8 Å². The fourth-order valence-corrected chi connectivity index (χ4v) is 4.01. The molecule has 1 N–H and O–H groups in total. The van der Waals surface area contributed by atoms with Crippen molar-refractivity contribution in [2.75, 3.05) is 18.0 Å². The number of hydrogen-bond donors (Lipinski definition) is 1. The Morgan fingerprint density at radius 3 is 2.70 bits per heavy atom. The summed E-state index contributed by atoms with van der Waals surface area (Å²) < 4.78 is 5.50. The molecule has 0 saturated carbocycles. The average Bonchev–Trinajstić information content (AvgIpc) is 3.38.